The van der Waals surface area contributed by atoms with Crippen LogP contribution in [0.5, 0.6) is 0 Å². The van der Waals surface area contributed by atoms with Crippen molar-refractivity contribution >= 4 is 16.1 Å². The first-order valence-electron chi connectivity index (χ1n) is 7.54. The summed E-state index contributed by atoms with van der Waals surface area (Å²) in [5.74, 6) is -4.25. The molecule has 0 heterocycles. The van der Waals surface area contributed by atoms with Crippen molar-refractivity contribution in [1.82, 2.24) is 0 Å². The summed E-state index contributed by atoms with van der Waals surface area (Å²) in [5, 5.41) is 0. The van der Waals surface area contributed by atoms with E-state index in [0.29, 0.717) is 5.56 Å². The average Bonchev–Trinajstić information content (AvgIpc) is 2.42. The summed E-state index contributed by atoms with van der Waals surface area (Å²) in [6.45, 7) is 2.55. The minimum absolute atomic E-state index is 0.389. The molecule has 0 saturated heterocycles. The van der Waals surface area contributed by atoms with Crippen molar-refractivity contribution in [2.45, 2.75) is 44.5 Å². The van der Waals surface area contributed by atoms with E-state index < -0.39 is 53.0 Å². The van der Waals surface area contributed by atoms with Gasteiger partial charge in [0.05, 0.1) is 12.7 Å². The van der Waals surface area contributed by atoms with Crippen LogP contribution in [0.15, 0.2) is 30.3 Å². The lowest BCUT2D eigenvalue weighted by Gasteiger charge is -2.44. The van der Waals surface area contributed by atoms with Gasteiger partial charge in [0.25, 0.3) is 16.0 Å². The zero-order chi connectivity index (χ0) is 18.0. The molecular weight excluding hydrogens is 342 g/mol. The molecule has 2 rings (SSSR count). The van der Waals surface area contributed by atoms with E-state index >= 15 is 0 Å². The molecular formula is C16H20F2O5S. The number of alkyl halides is 2. The number of hydrogen-bond donors (Lipinski definition) is 0. The fourth-order valence-corrected chi connectivity index (χ4v) is 3.69. The summed E-state index contributed by atoms with van der Waals surface area (Å²) in [6, 6.07) is 8.32. The zero-order valence-corrected chi connectivity index (χ0v) is 14.3. The van der Waals surface area contributed by atoms with E-state index in [-0.39, 0.29) is 5.75 Å². The maximum atomic E-state index is 13.3. The van der Waals surface area contributed by atoms with Crippen molar-refractivity contribution in [1.29, 1.82) is 0 Å². The molecule has 0 radical (unpaired) electrons. The quantitative estimate of drug-likeness (QED) is 0.551. The summed E-state index contributed by atoms with van der Waals surface area (Å²) >= 11 is 0. The maximum absolute atomic E-state index is 13.3. The van der Waals surface area contributed by atoms with Gasteiger partial charge in [0.2, 0.25) is 0 Å². The molecule has 5 nitrogen and oxygen atoms in total. The van der Waals surface area contributed by atoms with Crippen molar-refractivity contribution in [3.63, 3.8) is 0 Å². The molecule has 0 atom stereocenters. The zero-order valence-electron chi connectivity index (χ0n) is 13.5. The predicted octanol–water partition coefficient (Wildman–Crippen LogP) is 2.90. The first-order chi connectivity index (χ1) is 11.0. The third kappa shape index (κ3) is 4.73. The average molecular weight is 362 g/mol. The van der Waals surface area contributed by atoms with E-state index in [2.05, 4.69) is 0 Å². The molecule has 8 heteroatoms. The second-order valence-corrected chi connectivity index (χ2v) is 8.03. The Bertz CT molecular complexity index is 678. The van der Waals surface area contributed by atoms with Gasteiger partial charge in [-0.2, -0.15) is 8.42 Å². The highest BCUT2D eigenvalue weighted by Crippen LogP contribution is 2.53. The number of rotatable bonds is 7. The van der Waals surface area contributed by atoms with Crippen molar-refractivity contribution in [3.05, 3.63) is 35.9 Å². The standard InChI is InChI=1S/C16H20F2O5S/c1-12(2)23-14(19)15(9-16(17,18)10-15)11-22-24(20,21)8-13-6-4-3-5-7-13/h3-7,12H,8-11H2,1-2H3. The van der Waals surface area contributed by atoms with Crippen LogP contribution in [0.4, 0.5) is 8.78 Å². The Morgan fingerprint density at radius 3 is 2.29 bits per heavy atom. The fourth-order valence-electron chi connectivity index (χ4n) is 2.61. The van der Waals surface area contributed by atoms with Gasteiger partial charge in [0.15, 0.2) is 0 Å². The van der Waals surface area contributed by atoms with Crippen molar-refractivity contribution in [2.24, 2.45) is 5.41 Å². The third-order valence-corrected chi connectivity index (χ3v) is 4.83. The summed E-state index contributed by atoms with van der Waals surface area (Å²) in [4.78, 5) is 12.1. The normalized spacial score (nSPS) is 18.9. The lowest BCUT2D eigenvalue weighted by atomic mass is 9.66. The molecule has 24 heavy (non-hydrogen) atoms. The van der Waals surface area contributed by atoms with Crippen LogP contribution in [0.25, 0.3) is 0 Å². The van der Waals surface area contributed by atoms with Gasteiger partial charge in [-0.25, -0.2) is 8.78 Å². The van der Waals surface area contributed by atoms with Crippen molar-refractivity contribution in [2.75, 3.05) is 6.61 Å². The van der Waals surface area contributed by atoms with Crippen LogP contribution in [0.2, 0.25) is 0 Å². The first kappa shape index (κ1) is 18.8. The van der Waals surface area contributed by atoms with Gasteiger partial charge in [-0.1, -0.05) is 30.3 Å². The van der Waals surface area contributed by atoms with Gasteiger partial charge in [0, 0.05) is 12.8 Å². The van der Waals surface area contributed by atoms with Crippen LogP contribution >= 0.6 is 0 Å². The Labute approximate surface area is 140 Å². The molecule has 0 amide bonds. The topological polar surface area (TPSA) is 69.7 Å². The lowest BCUT2D eigenvalue weighted by molar-refractivity contribution is -0.207. The summed E-state index contributed by atoms with van der Waals surface area (Å²) in [5.41, 5.74) is -1.10. The van der Waals surface area contributed by atoms with Crippen LogP contribution in [-0.4, -0.2) is 33.0 Å². The van der Waals surface area contributed by atoms with E-state index in [9.17, 15) is 22.0 Å². The molecule has 1 aromatic rings. The maximum Gasteiger partial charge on any atom is 0.315 e. The molecule has 1 saturated carbocycles. The Morgan fingerprint density at radius 1 is 1.21 bits per heavy atom. The minimum atomic E-state index is -4.00. The Morgan fingerprint density at radius 2 is 1.79 bits per heavy atom. The molecule has 0 bridgehead atoms. The number of esters is 1. The molecule has 1 aliphatic carbocycles. The first-order valence-corrected chi connectivity index (χ1v) is 9.11. The van der Waals surface area contributed by atoms with Gasteiger partial charge in [-0.3, -0.25) is 8.98 Å². The van der Waals surface area contributed by atoms with Crippen LogP contribution in [-0.2, 0) is 29.6 Å². The summed E-state index contributed by atoms with van der Waals surface area (Å²) < 4.78 is 60.5. The highest BCUT2D eigenvalue weighted by molar-refractivity contribution is 7.85. The predicted molar refractivity (Wildman–Crippen MR) is 82.9 cm³/mol. The molecule has 0 unspecified atom stereocenters. The molecule has 134 valence electrons. The number of hydrogen-bond acceptors (Lipinski definition) is 5. The number of carbonyl (C=O) groups is 1. The second-order valence-electron chi connectivity index (χ2n) is 6.39. The smallest absolute Gasteiger partial charge is 0.315 e. The second kappa shape index (κ2) is 6.76. The Balaban J connectivity index is 2.04. The van der Waals surface area contributed by atoms with Crippen LogP contribution in [0, 0.1) is 5.41 Å². The third-order valence-electron chi connectivity index (χ3n) is 3.67. The fraction of sp³-hybridized carbons (Fsp3) is 0.562. The molecule has 0 aromatic heterocycles. The highest BCUT2D eigenvalue weighted by atomic mass is 32.2. The van der Waals surface area contributed by atoms with Gasteiger partial charge in [0.1, 0.15) is 11.2 Å². The van der Waals surface area contributed by atoms with E-state index in [1.165, 1.54) is 0 Å². The van der Waals surface area contributed by atoms with Crippen LogP contribution in [0.1, 0.15) is 32.3 Å². The summed E-state index contributed by atoms with van der Waals surface area (Å²) in [7, 11) is -4.00. The molecule has 1 aromatic carbocycles. The van der Waals surface area contributed by atoms with Crippen molar-refractivity contribution in [3.8, 4) is 0 Å². The molecule has 1 fully saturated rings. The van der Waals surface area contributed by atoms with E-state index in [1.807, 2.05) is 0 Å². The SMILES string of the molecule is CC(C)OC(=O)C1(COS(=O)(=O)Cc2ccccc2)CC(F)(F)C1. The number of benzene rings is 1. The molecule has 0 spiro atoms. The number of halogens is 2. The Hall–Kier alpha value is -1.54. The van der Waals surface area contributed by atoms with Crippen LogP contribution < -0.4 is 0 Å². The van der Waals surface area contributed by atoms with Crippen molar-refractivity contribution < 1.29 is 30.9 Å². The van der Waals surface area contributed by atoms with E-state index in [4.69, 9.17) is 8.92 Å². The van der Waals surface area contributed by atoms with E-state index in [1.54, 1.807) is 44.2 Å². The molecule has 1 aliphatic rings. The Kier molecular flexibility index (Phi) is 5.29. The van der Waals surface area contributed by atoms with Gasteiger partial charge in [-0.15, -0.1) is 0 Å². The summed E-state index contributed by atoms with van der Waals surface area (Å²) in [6.07, 6.45) is -2.02. The number of carbonyl (C=O) groups excluding carboxylic acids is 1. The van der Waals surface area contributed by atoms with Gasteiger partial charge in [-0.05, 0) is 19.4 Å². The van der Waals surface area contributed by atoms with E-state index in [0.717, 1.165) is 0 Å². The lowest BCUT2D eigenvalue weighted by Crippen LogP contribution is -2.55. The van der Waals surface area contributed by atoms with Gasteiger partial charge < -0.3 is 4.74 Å². The minimum Gasteiger partial charge on any atom is -0.462 e. The van der Waals surface area contributed by atoms with Gasteiger partial charge >= 0.3 is 5.97 Å². The number of ether oxygens (including phenoxy) is 1. The van der Waals surface area contributed by atoms with Crippen LogP contribution in [0.3, 0.4) is 0 Å². The largest absolute Gasteiger partial charge is 0.462 e. The molecule has 0 aliphatic heterocycles. The highest BCUT2D eigenvalue weighted by Gasteiger charge is 2.62. The monoisotopic (exact) mass is 362 g/mol. The molecule has 0 N–H and O–H groups in total.